The lowest BCUT2D eigenvalue weighted by Gasteiger charge is -2.21. The van der Waals surface area contributed by atoms with Crippen molar-refractivity contribution < 1.29 is 13.6 Å². The number of fused-ring (bicyclic) bond motifs is 1. The highest BCUT2D eigenvalue weighted by molar-refractivity contribution is 5.91. The molecule has 1 aliphatic heterocycles. The van der Waals surface area contributed by atoms with E-state index < -0.39 is 11.6 Å². The molecule has 28 heavy (non-hydrogen) atoms. The van der Waals surface area contributed by atoms with Crippen LogP contribution in [0.1, 0.15) is 56.9 Å². The van der Waals surface area contributed by atoms with E-state index in [9.17, 15) is 13.6 Å². The van der Waals surface area contributed by atoms with E-state index in [1.165, 1.54) is 12.1 Å². The number of halogens is 2. The van der Waals surface area contributed by atoms with Gasteiger partial charge in [0.15, 0.2) is 0 Å². The van der Waals surface area contributed by atoms with E-state index in [-0.39, 0.29) is 17.2 Å². The molecular weight excluding hydrogens is 360 g/mol. The van der Waals surface area contributed by atoms with Crippen molar-refractivity contribution in [1.82, 2.24) is 4.98 Å². The fraction of sp³-hybridized carbons (Fsp3) is 0.455. The number of pyridine rings is 1. The highest BCUT2D eigenvalue weighted by Gasteiger charge is 2.29. The number of rotatable bonds is 4. The molecule has 0 radical (unpaired) electrons. The third-order valence-electron chi connectivity index (χ3n) is 4.77. The Hall–Kier alpha value is -2.50. The molecule has 1 N–H and O–H groups in total. The molecule has 0 aliphatic carbocycles. The van der Waals surface area contributed by atoms with Gasteiger partial charge in [0.2, 0.25) is 5.91 Å². The first kappa shape index (κ1) is 20.2. The second-order valence-electron chi connectivity index (χ2n) is 8.90. The van der Waals surface area contributed by atoms with Gasteiger partial charge in [0, 0.05) is 31.5 Å². The van der Waals surface area contributed by atoms with E-state index in [0.717, 1.165) is 23.0 Å². The summed E-state index contributed by atoms with van der Waals surface area (Å²) in [6.45, 7) is 11.1. The van der Waals surface area contributed by atoms with Crippen LogP contribution in [-0.4, -0.2) is 17.4 Å². The molecule has 6 heteroatoms. The van der Waals surface area contributed by atoms with Gasteiger partial charge in [0.25, 0.3) is 0 Å². The molecule has 2 aromatic rings. The lowest BCUT2D eigenvalue weighted by molar-refractivity contribution is -0.117. The highest BCUT2D eigenvalue weighted by atomic mass is 19.1. The molecule has 0 saturated carbocycles. The van der Waals surface area contributed by atoms with Crippen molar-refractivity contribution in [2.75, 3.05) is 16.8 Å². The van der Waals surface area contributed by atoms with Crippen molar-refractivity contribution in [2.45, 2.75) is 53.5 Å². The SMILES string of the molecule is Cc1cc2c(nc1NC(=O)CC(C)(C)C)[C@@H](C)CN2Cc1cc(F)cc(F)c1. The van der Waals surface area contributed by atoms with Crippen LogP contribution in [0, 0.1) is 24.0 Å². The fourth-order valence-corrected chi connectivity index (χ4v) is 3.60. The molecular formula is C22H27F2N3O. The lowest BCUT2D eigenvalue weighted by atomic mass is 9.92. The Morgan fingerprint density at radius 3 is 2.46 bits per heavy atom. The molecule has 1 aliphatic rings. The van der Waals surface area contributed by atoms with Gasteiger partial charge < -0.3 is 10.2 Å². The molecule has 0 fully saturated rings. The second-order valence-corrected chi connectivity index (χ2v) is 8.90. The maximum atomic E-state index is 13.5. The van der Waals surface area contributed by atoms with Crippen molar-refractivity contribution in [3.8, 4) is 0 Å². The van der Waals surface area contributed by atoms with Gasteiger partial charge in [-0.2, -0.15) is 0 Å². The summed E-state index contributed by atoms with van der Waals surface area (Å²) in [6.07, 6.45) is 0.415. The molecule has 0 bridgehead atoms. The zero-order valence-corrected chi connectivity index (χ0v) is 17.1. The van der Waals surface area contributed by atoms with Gasteiger partial charge in [-0.15, -0.1) is 0 Å². The number of hydrogen-bond acceptors (Lipinski definition) is 3. The van der Waals surface area contributed by atoms with Crippen LogP contribution in [0.2, 0.25) is 0 Å². The number of aryl methyl sites for hydroxylation is 1. The molecule has 4 nitrogen and oxygen atoms in total. The Bertz CT molecular complexity index is 885. The number of benzene rings is 1. The maximum absolute atomic E-state index is 13.5. The Labute approximate surface area is 165 Å². The number of carbonyl (C=O) groups is 1. The number of aromatic nitrogens is 1. The smallest absolute Gasteiger partial charge is 0.226 e. The van der Waals surface area contributed by atoms with Crippen molar-refractivity contribution in [3.05, 3.63) is 52.7 Å². The van der Waals surface area contributed by atoms with E-state index in [1.807, 2.05) is 33.8 Å². The van der Waals surface area contributed by atoms with Crippen molar-refractivity contribution in [2.24, 2.45) is 5.41 Å². The zero-order chi connectivity index (χ0) is 20.6. The Kier molecular flexibility index (Phi) is 5.41. The first-order valence-electron chi connectivity index (χ1n) is 9.53. The van der Waals surface area contributed by atoms with Crippen LogP contribution in [-0.2, 0) is 11.3 Å². The zero-order valence-electron chi connectivity index (χ0n) is 17.1. The van der Waals surface area contributed by atoms with E-state index >= 15 is 0 Å². The van der Waals surface area contributed by atoms with Crippen molar-refractivity contribution in [3.63, 3.8) is 0 Å². The summed E-state index contributed by atoms with van der Waals surface area (Å²) in [5.41, 5.74) is 3.19. The normalized spacial score (nSPS) is 16.2. The third-order valence-corrected chi connectivity index (χ3v) is 4.77. The predicted octanol–water partition coefficient (Wildman–Crippen LogP) is 5.17. The van der Waals surface area contributed by atoms with Crippen molar-refractivity contribution >= 4 is 17.4 Å². The molecule has 150 valence electrons. The monoisotopic (exact) mass is 387 g/mol. The predicted molar refractivity (Wildman–Crippen MR) is 107 cm³/mol. The molecule has 0 saturated heterocycles. The number of amides is 1. The van der Waals surface area contributed by atoms with Gasteiger partial charge in [-0.05, 0) is 41.7 Å². The molecule has 3 rings (SSSR count). The van der Waals surface area contributed by atoms with Gasteiger partial charge in [-0.3, -0.25) is 4.79 Å². The second kappa shape index (κ2) is 7.49. The largest absolute Gasteiger partial charge is 0.365 e. The molecule has 0 unspecified atom stereocenters. The first-order valence-corrected chi connectivity index (χ1v) is 9.53. The van der Waals surface area contributed by atoms with Crippen LogP contribution in [0.4, 0.5) is 20.3 Å². The Balaban J connectivity index is 1.83. The third kappa shape index (κ3) is 4.66. The minimum atomic E-state index is -0.575. The van der Waals surface area contributed by atoms with Crippen LogP contribution in [0.5, 0.6) is 0 Å². The molecule has 1 aromatic heterocycles. The van der Waals surface area contributed by atoms with Crippen LogP contribution in [0.3, 0.4) is 0 Å². The molecule has 2 heterocycles. The van der Waals surface area contributed by atoms with Crippen LogP contribution >= 0.6 is 0 Å². The molecule has 1 amide bonds. The van der Waals surface area contributed by atoms with Crippen LogP contribution in [0.15, 0.2) is 24.3 Å². The van der Waals surface area contributed by atoms with Gasteiger partial charge in [-0.25, -0.2) is 13.8 Å². The average molecular weight is 387 g/mol. The first-order chi connectivity index (χ1) is 13.0. The Morgan fingerprint density at radius 1 is 1.21 bits per heavy atom. The van der Waals surface area contributed by atoms with Crippen molar-refractivity contribution in [1.29, 1.82) is 0 Å². The average Bonchev–Trinajstić information content (AvgIpc) is 2.80. The van der Waals surface area contributed by atoms with Gasteiger partial charge in [0.1, 0.15) is 17.5 Å². The quantitative estimate of drug-likeness (QED) is 0.787. The van der Waals surface area contributed by atoms with E-state index in [0.29, 0.717) is 30.9 Å². The lowest BCUT2D eigenvalue weighted by Crippen LogP contribution is -2.21. The summed E-state index contributed by atoms with van der Waals surface area (Å²) >= 11 is 0. The van der Waals surface area contributed by atoms with Gasteiger partial charge >= 0.3 is 0 Å². The van der Waals surface area contributed by atoms with Gasteiger partial charge in [-0.1, -0.05) is 27.7 Å². The summed E-state index contributed by atoms with van der Waals surface area (Å²) in [5, 5.41) is 2.93. The summed E-state index contributed by atoms with van der Waals surface area (Å²) in [4.78, 5) is 19.1. The molecule has 1 atom stereocenters. The summed E-state index contributed by atoms with van der Waals surface area (Å²) in [7, 11) is 0. The minimum absolute atomic E-state index is 0.0548. The number of carbonyl (C=O) groups excluding carboxylic acids is 1. The minimum Gasteiger partial charge on any atom is -0.365 e. The number of anilines is 2. The number of nitrogens with one attached hydrogen (secondary N) is 1. The van der Waals surface area contributed by atoms with Crippen LogP contribution < -0.4 is 10.2 Å². The van der Waals surface area contributed by atoms with E-state index in [2.05, 4.69) is 17.1 Å². The molecule has 1 aromatic carbocycles. The summed E-state index contributed by atoms with van der Waals surface area (Å²) in [6, 6.07) is 5.58. The standard InChI is InChI=1S/C22H27F2N3O/c1-13-6-18-20(26-21(13)25-19(28)10-22(3,4)5)14(2)11-27(18)12-15-7-16(23)9-17(24)8-15/h6-9,14H,10-12H2,1-5H3,(H,25,26,28)/t14-/m0/s1. The molecule has 0 spiro atoms. The maximum Gasteiger partial charge on any atom is 0.226 e. The van der Waals surface area contributed by atoms with Gasteiger partial charge in [0.05, 0.1) is 11.4 Å². The fourth-order valence-electron chi connectivity index (χ4n) is 3.60. The number of hydrogen-bond donors (Lipinski definition) is 1. The van der Waals surface area contributed by atoms with E-state index in [4.69, 9.17) is 4.98 Å². The topological polar surface area (TPSA) is 45.2 Å². The Morgan fingerprint density at radius 2 is 1.86 bits per heavy atom. The van der Waals surface area contributed by atoms with E-state index in [1.54, 1.807) is 0 Å². The summed E-state index contributed by atoms with van der Waals surface area (Å²) < 4.78 is 27.0. The number of nitrogens with zero attached hydrogens (tertiary/aromatic N) is 2. The highest BCUT2D eigenvalue weighted by Crippen LogP contribution is 2.38. The summed E-state index contributed by atoms with van der Waals surface area (Å²) in [5.74, 6) is -0.464. The van der Waals surface area contributed by atoms with Crippen LogP contribution in [0.25, 0.3) is 0 Å².